The maximum Gasteiger partial charge on any atom is 0.416 e. The quantitative estimate of drug-likeness (QED) is 0.435. The van der Waals surface area contributed by atoms with Crippen LogP contribution in [0.4, 0.5) is 24.8 Å². The van der Waals surface area contributed by atoms with Gasteiger partial charge in [0.05, 0.1) is 5.56 Å². The molecule has 1 fully saturated rings. The van der Waals surface area contributed by atoms with Crippen LogP contribution in [0.15, 0.2) is 35.8 Å². The van der Waals surface area contributed by atoms with Crippen molar-refractivity contribution in [3.8, 4) is 0 Å². The summed E-state index contributed by atoms with van der Waals surface area (Å²) in [6.45, 7) is 1.61. The lowest BCUT2D eigenvalue weighted by atomic mass is 10.0. The van der Waals surface area contributed by atoms with Gasteiger partial charge < -0.3 is 15.0 Å². The molecule has 0 atom stereocenters. The molecule has 0 saturated carbocycles. The molecular formula is C19H20F3N5O2S. The van der Waals surface area contributed by atoms with Gasteiger partial charge in [0.2, 0.25) is 5.82 Å². The van der Waals surface area contributed by atoms with Crippen molar-refractivity contribution in [2.75, 3.05) is 25.0 Å². The minimum atomic E-state index is -4.35. The Hall–Kier alpha value is -2.66. The summed E-state index contributed by atoms with van der Waals surface area (Å²) < 4.78 is 40.3. The van der Waals surface area contributed by atoms with Crippen LogP contribution in [-0.2, 0) is 12.7 Å². The lowest BCUT2D eigenvalue weighted by molar-refractivity contribution is -0.389. The molecule has 7 nitrogen and oxygen atoms in total. The molecule has 1 aliphatic rings. The zero-order valence-electron chi connectivity index (χ0n) is 16.2. The maximum absolute atomic E-state index is 12.9. The second kappa shape index (κ2) is 7.88. The number of nitrogens with zero attached hydrogens (tertiary/aromatic N) is 5. The number of imidazole rings is 1. The standard InChI is InChI=1S/C19H20F3N5O2S/c1-24(12-13-3-2-4-14(11-13)19(20,21)22)15-5-7-25(8-6-15)16-17(27(28)29)26-9-10-30-18(26)23-16/h2-4,9-11,15H,5-8,12H2,1H3. The lowest BCUT2D eigenvalue weighted by Gasteiger charge is -2.36. The smallest absolute Gasteiger partial charge is 0.358 e. The molecule has 3 heterocycles. The van der Waals surface area contributed by atoms with Crippen LogP contribution < -0.4 is 4.90 Å². The molecule has 30 heavy (non-hydrogen) atoms. The van der Waals surface area contributed by atoms with Gasteiger partial charge in [0.1, 0.15) is 6.20 Å². The minimum Gasteiger partial charge on any atom is -0.358 e. The number of fused-ring (bicyclic) bond motifs is 1. The average Bonchev–Trinajstić information content (AvgIpc) is 3.28. The van der Waals surface area contributed by atoms with Gasteiger partial charge in [0.15, 0.2) is 0 Å². The number of halogens is 3. The molecule has 2 aromatic heterocycles. The molecular weight excluding hydrogens is 419 g/mol. The van der Waals surface area contributed by atoms with Crippen LogP contribution in [0, 0.1) is 10.1 Å². The highest BCUT2D eigenvalue weighted by Crippen LogP contribution is 2.33. The van der Waals surface area contributed by atoms with Gasteiger partial charge >= 0.3 is 12.0 Å². The van der Waals surface area contributed by atoms with Crippen LogP contribution in [0.5, 0.6) is 0 Å². The van der Waals surface area contributed by atoms with Crippen molar-refractivity contribution in [2.24, 2.45) is 0 Å². The topological polar surface area (TPSA) is 66.9 Å². The van der Waals surface area contributed by atoms with Gasteiger partial charge in [-0.1, -0.05) is 29.5 Å². The molecule has 3 aromatic rings. The molecule has 1 aromatic carbocycles. The van der Waals surface area contributed by atoms with Crippen molar-refractivity contribution in [1.29, 1.82) is 0 Å². The predicted molar refractivity (Wildman–Crippen MR) is 108 cm³/mol. The van der Waals surface area contributed by atoms with E-state index in [4.69, 9.17) is 0 Å². The molecule has 1 aliphatic heterocycles. The van der Waals surface area contributed by atoms with Crippen LogP contribution >= 0.6 is 11.3 Å². The summed E-state index contributed by atoms with van der Waals surface area (Å²) >= 11 is 1.35. The van der Waals surface area contributed by atoms with Crippen molar-refractivity contribution >= 4 is 27.9 Å². The number of aromatic nitrogens is 2. The Labute approximate surface area is 174 Å². The molecule has 0 N–H and O–H groups in total. The van der Waals surface area contributed by atoms with Crippen LogP contribution in [0.2, 0.25) is 0 Å². The second-order valence-corrected chi connectivity index (χ2v) is 8.28. The van der Waals surface area contributed by atoms with Crippen molar-refractivity contribution < 1.29 is 18.1 Å². The van der Waals surface area contributed by atoms with Gasteiger partial charge in [0, 0.05) is 31.1 Å². The number of rotatable bonds is 5. The number of thiazole rings is 1. The van der Waals surface area contributed by atoms with E-state index in [-0.39, 0.29) is 11.9 Å². The number of nitro groups is 1. The van der Waals surface area contributed by atoms with Crippen LogP contribution in [-0.4, -0.2) is 45.4 Å². The first-order valence-corrected chi connectivity index (χ1v) is 10.3. The lowest BCUT2D eigenvalue weighted by Crippen LogP contribution is -2.43. The van der Waals surface area contributed by atoms with E-state index in [0.29, 0.717) is 36.0 Å². The number of hydrogen-bond acceptors (Lipinski definition) is 6. The average molecular weight is 439 g/mol. The van der Waals surface area contributed by atoms with Gasteiger partial charge in [-0.2, -0.15) is 22.6 Å². The van der Waals surface area contributed by atoms with Crippen molar-refractivity contribution in [2.45, 2.75) is 31.6 Å². The number of benzene rings is 1. The Morgan fingerprint density at radius 2 is 2.07 bits per heavy atom. The zero-order chi connectivity index (χ0) is 21.5. The highest BCUT2D eigenvalue weighted by atomic mass is 32.1. The third-order valence-electron chi connectivity index (χ3n) is 5.47. The van der Waals surface area contributed by atoms with E-state index < -0.39 is 16.7 Å². The predicted octanol–water partition coefficient (Wildman–Crippen LogP) is 4.42. The normalized spacial score (nSPS) is 16.0. The Bertz CT molecular complexity index is 1060. The Kier molecular flexibility index (Phi) is 5.41. The SMILES string of the molecule is CN(Cc1cccc(C(F)(F)F)c1)C1CCN(c2nc3sccn3c2[N+](=O)[O-])CC1. The Morgan fingerprint density at radius 3 is 2.73 bits per heavy atom. The fourth-order valence-corrected chi connectivity index (χ4v) is 4.63. The molecule has 0 radical (unpaired) electrons. The number of anilines is 1. The maximum atomic E-state index is 12.9. The molecule has 0 unspecified atom stereocenters. The van der Waals surface area contributed by atoms with Gasteiger partial charge in [-0.05, 0) is 36.4 Å². The highest BCUT2D eigenvalue weighted by molar-refractivity contribution is 7.15. The van der Waals surface area contributed by atoms with Crippen LogP contribution in [0.3, 0.4) is 0 Å². The molecule has 4 rings (SSSR count). The first-order valence-electron chi connectivity index (χ1n) is 9.45. The Morgan fingerprint density at radius 1 is 1.33 bits per heavy atom. The summed E-state index contributed by atoms with van der Waals surface area (Å²) in [5.41, 5.74) is -0.0324. The largest absolute Gasteiger partial charge is 0.416 e. The molecule has 0 amide bonds. The first kappa shape index (κ1) is 20.6. The minimum absolute atomic E-state index is 0.0259. The van der Waals surface area contributed by atoms with Crippen molar-refractivity contribution in [3.63, 3.8) is 0 Å². The summed E-state index contributed by atoms with van der Waals surface area (Å²) in [7, 11) is 1.90. The van der Waals surface area contributed by atoms with Crippen molar-refractivity contribution in [3.05, 3.63) is 57.1 Å². The van der Waals surface area contributed by atoms with E-state index in [1.807, 2.05) is 16.8 Å². The fraction of sp³-hybridized carbons (Fsp3) is 0.421. The molecule has 0 bridgehead atoms. The van der Waals surface area contributed by atoms with E-state index in [0.717, 1.165) is 18.9 Å². The number of piperidine rings is 1. The monoisotopic (exact) mass is 439 g/mol. The van der Waals surface area contributed by atoms with Gasteiger partial charge in [-0.25, -0.2) is 0 Å². The van der Waals surface area contributed by atoms with E-state index in [1.165, 1.54) is 27.9 Å². The van der Waals surface area contributed by atoms with Crippen LogP contribution in [0.25, 0.3) is 4.96 Å². The summed E-state index contributed by atoms with van der Waals surface area (Å²) in [6.07, 6.45) is -1.22. The first-order chi connectivity index (χ1) is 14.2. The van der Waals surface area contributed by atoms with E-state index in [1.54, 1.807) is 17.6 Å². The summed E-state index contributed by atoms with van der Waals surface area (Å²) in [6, 6.07) is 5.57. The van der Waals surface area contributed by atoms with E-state index in [2.05, 4.69) is 4.98 Å². The number of alkyl halides is 3. The third-order valence-corrected chi connectivity index (χ3v) is 6.22. The van der Waals surface area contributed by atoms with E-state index >= 15 is 0 Å². The van der Waals surface area contributed by atoms with Crippen LogP contribution in [0.1, 0.15) is 24.0 Å². The van der Waals surface area contributed by atoms with E-state index in [9.17, 15) is 23.3 Å². The number of hydrogen-bond donors (Lipinski definition) is 0. The van der Waals surface area contributed by atoms with Gasteiger partial charge in [-0.15, -0.1) is 0 Å². The second-order valence-electron chi connectivity index (χ2n) is 7.40. The Balaban J connectivity index is 1.42. The summed E-state index contributed by atoms with van der Waals surface area (Å²) in [5.74, 6) is 0.354. The van der Waals surface area contributed by atoms with Crippen molar-refractivity contribution in [1.82, 2.24) is 14.3 Å². The molecule has 0 spiro atoms. The summed E-state index contributed by atoms with van der Waals surface area (Å²) in [4.78, 5) is 20.1. The molecule has 0 aliphatic carbocycles. The van der Waals surface area contributed by atoms with Gasteiger partial charge in [0.25, 0.3) is 4.96 Å². The third kappa shape index (κ3) is 3.99. The fourth-order valence-electron chi connectivity index (χ4n) is 3.93. The molecule has 160 valence electrons. The summed E-state index contributed by atoms with van der Waals surface area (Å²) in [5, 5.41) is 13.3. The molecule has 1 saturated heterocycles. The molecule has 11 heteroatoms. The van der Waals surface area contributed by atoms with Gasteiger partial charge in [-0.3, -0.25) is 4.90 Å². The zero-order valence-corrected chi connectivity index (χ0v) is 17.0. The highest BCUT2D eigenvalue weighted by Gasteiger charge is 2.32.